The van der Waals surface area contributed by atoms with Crippen molar-refractivity contribution in [3.05, 3.63) is 35.9 Å². The smallest absolute Gasteiger partial charge is 0.128 e. The van der Waals surface area contributed by atoms with Crippen LogP contribution in [0.2, 0.25) is 0 Å². The van der Waals surface area contributed by atoms with E-state index in [-0.39, 0.29) is 6.61 Å². The highest BCUT2D eigenvalue weighted by Gasteiger charge is 2.06. The molecule has 1 aromatic rings. The molecule has 0 spiro atoms. The SMILES string of the molecule is C=C(CC)COc1cc(OCCC)ccc1CO. The van der Waals surface area contributed by atoms with Crippen LogP contribution in [0.1, 0.15) is 32.3 Å². The third-order valence-electron chi connectivity index (χ3n) is 2.61. The van der Waals surface area contributed by atoms with Gasteiger partial charge in [0.25, 0.3) is 0 Å². The zero-order chi connectivity index (χ0) is 13.4. The first-order valence-corrected chi connectivity index (χ1v) is 6.37. The van der Waals surface area contributed by atoms with Gasteiger partial charge in [-0.25, -0.2) is 0 Å². The topological polar surface area (TPSA) is 38.7 Å². The first kappa shape index (κ1) is 14.6. The number of hydrogen-bond acceptors (Lipinski definition) is 3. The maximum atomic E-state index is 9.26. The number of ether oxygens (including phenoxy) is 2. The van der Waals surface area contributed by atoms with Gasteiger partial charge in [-0.3, -0.25) is 0 Å². The quantitative estimate of drug-likeness (QED) is 0.719. The van der Waals surface area contributed by atoms with Crippen LogP contribution in [0.15, 0.2) is 30.4 Å². The summed E-state index contributed by atoms with van der Waals surface area (Å²) in [6.45, 7) is 9.11. The van der Waals surface area contributed by atoms with Crippen molar-refractivity contribution < 1.29 is 14.6 Å². The van der Waals surface area contributed by atoms with Crippen molar-refractivity contribution in [1.29, 1.82) is 0 Å². The first-order valence-electron chi connectivity index (χ1n) is 6.37. The van der Waals surface area contributed by atoms with Gasteiger partial charge in [0, 0.05) is 11.6 Å². The van der Waals surface area contributed by atoms with Gasteiger partial charge in [0.15, 0.2) is 0 Å². The summed E-state index contributed by atoms with van der Waals surface area (Å²) in [5, 5.41) is 9.26. The summed E-state index contributed by atoms with van der Waals surface area (Å²) in [7, 11) is 0. The molecular formula is C15H22O3. The van der Waals surface area contributed by atoms with Gasteiger partial charge in [0.05, 0.1) is 13.2 Å². The van der Waals surface area contributed by atoms with Crippen LogP contribution >= 0.6 is 0 Å². The van der Waals surface area contributed by atoms with Gasteiger partial charge in [-0.15, -0.1) is 0 Å². The maximum absolute atomic E-state index is 9.26. The van der Waals surface area contributed by atoms with Gasteiger partial charge in [-0.05, 0) is 30.5 Å². The summed E-state index contributed by atoms with van der Waals surface area (Å²) in [6.07, 6.45) is 1.85. The third kappa shape index (κ3) is 4.41. The predicted molar refractivity (Wildman–Crippen MR) is 73.1 cm³/mol. The molecule has 0 saturated carbocycles. The fraction of sp³-hybridized carbons (Fsp3) is 0.467. The molecule has 1 N–H and O–H groups in total. The van der Waals surface area contributed by atoms with E-state index in [1.165, 1.54) is 0 Å². The van der Waals surface area contributed by atoms with Gasteiger partial charge < -0.3 is 14.6 Å². The number of hydrogen-bond donors (Lipinski definition) is 1. The summed E-state index contributed by atoms with van der Waals surface area (Å²) >= 11 is 0. The molecule has 0 aliphatic carbocycles. The van der Waals surface area contributed by atoms with E-state index in [9.17, 15) is 5.11 Å². The average Bonchev–Trinajstić information content (AvgIpc) is 2.42. The maximum Gasteiger partial charge on any atom is 0.128 e. The lowest BCUT2D eigenvalue weighted by Crippen LogP contribution is -2.03. The monoisotopic (exact) mass is 250 g/mol. The van der Waals surface area contributed by atoms with Crippen molar-refractivity contribution in [3.8, 4) is 11.5 Å². The van der Waals surface area contributed by atoms with E-state index in [1.807, 2.05) is 25.1 Å². The number of aliphatic hydroxyl groups is 1. The van der Waals surface area contributed by atoms with Crippen molar-refractivity contribution in [1.82, 2.24) is 0 Å². The largest absolute Gasteiger partial charge is 0.493 e. The fourth-order valence-electron chi connectivity index (χ4n) is 1.39. The molecule has 0 saturated heterocycles. The summed E-state index contributed by atoms with van der Waals surface area (Å²) in [6, 6.07) is 5.50. The standard InChI is InChI=1S/C15H22O3/c1-4-8-17-14-7-6-13(10-16)15(9-14)18-11-12(3)5-2/h6-7,9,16H,3-5,8,10-11H2,1-2H3. The summed E-state index contributed by atoms with van der Waals surface area (Å²) in [5.74, 6) is 1.44. The lowest BCUT2D eigenvalue weighted by atomic mass is 10.2. The minimum absolute atomic E-state index is 0.0397. The van der Waals surface area contributed by atoms with Crippen molar-refractivity contribution in [2.45, 2.75) is 33.3 Å². The second-order valence-corrected chi connectivity index (χ2v) is 4.17. The summed E-state index contributed by atoms with van der Waals surface area (Å²) in [4.78, 5) is 0. The van der Waals surface area contributed by atoms with Crippen molar-refractivity contribution in [2.75, 3.05) is 13.2 Å². The van der Waals surface area contributed by atoms with E-state index in [1.54, 1.807) is 0 Å². The zero-order valence-electron chi connectivity index (χ0n) is 11.2. The van der Waals surface area contributed by atoms with E-state index in [0.29, 0.717) is 19.0 Å². The van der Waals surface area contributed by atoms with Gasteiger partial charge in [-0.1, -0.05) is 20.4 Å². The highest BCUT2D eigenvalue weighted by Crippen LogP contribution is 2.25. The van der Waals surface area contributed by atoms with Crippen LogP contribution in [0.25, 0.3) is 0 Å². The Labute approximate surface area is 109 Å². The molecule has 0 radical (unpaired) electrons. The molecule has 1 rings (SSSR count). The first-order chi connectivity index (χ1) is 8.71. The van der Waals surface area contributed by atoms with Crippen LogP contribution in [0.4, 0.5) is 0 Å². The van der Waals surface area contributed by atoms with Crippen LogP contribution in [0, 0.1) is 0 Å². The normalized spacial score (nSPS) is 10.2. The molecule has 0 amide bonds. The molecule has 0 aliphatic heterocycles. The number of rotatable bonds is 8. The van der Waals surface area contributed by atoms with E-state index in [2.05, 4.69) is 13.5 Å². The average molecular weight is 250 g/mol. The lowest BCUT2D eigenvalue weighted by Gasteiger charge is -2.13. The molecule has 1 aromatic carbocycles. The number of aliphatic hydroxyl groups excluding tert-OH is 1. The second kappa shape index (κ2) is 7.77. The third-order valence-corrected chi connectivity index (χ3v) is 2.61. The minimum Gasteiger partial charge on any atom is -0.493 e. The summed E-state index contributed by atoms with van der Waals surface area (Å²) in [5.41, 5.74) is 1.79. The van der Waals surface area contributed by atoms with Gasteiger partial charge in [0.2, 0.25) is 0 Å². The van der Waals surface area contributed by atoms with E-state index in [4.69, 9.17) is 9.47 Å². The zero-order valence-corrected chi connectivity index (χ0v) is 11.2. The summed E-state index contributed by atoms with van der Waals surface area (Å²) < 4.78 is 11.2. The Kier molecular flexibility index (Phi) is 6.29. The Morgan fingerprint density at radius 3 is 2.67 bits per heavy atom. The van der Waals surface area contributed by atoms with Gasteiger partial charge in [-0.2, -0.15) is 0 Å². The predicted octanol–water partition coefficient (Wildman–Crippen LogP) is 3.31. The highest BCUT2D eigenvalue weighted by molar-refractivity contribution is 5.40. The molecule has 100 valence electrons. The molecule has 0 fully saturated rings. The molecular weight excluding hydrogens is 228 g/mol. The highest BCUT2D eigenvalue weighted by atomic mass is 16.5. The lowest BCUT2D eigenvalue weighted by molar-refractivity contribution is 0.266. The Bertz CT molecular complexity index is 385. The molecule has 3 heteroatoms. The molecule has 18 heavy (non-hydrogen) atoms. The van der Waals surface area contributed by atoms with Crippen LogP contribution in [0.3, 0.4) is 0 Å². The molecule has 0 heterocycles. The Balaban J connectivity index is 2.74. The Morgan fingerprint density at radius 1 is 1.28 bits per heavy atom. The van der Waals surface area contributed by atoms with E-state index in [0.717, 1.165) is 29.7 Å². The van der Waals surface area contributed by atoms with Crippen molar-refractivity contribution in [3.63, 3.8) is 0 Å². The van der Waals surface area contributed by atoms with Crippen LogP contribution in [-0.4, -0.2) is 18.3 Å². The molecule has 0 aromatic heterocycles. The van der Waals surface area contributed by atoms with Crippen LogP contribution in [-0.2, 0) is 6.61 Å². The fourth-order valence-corrected chi connectivity index (χ4v) is 1.39. The van der Waals surface area contributed by atoms with Crippen LogP contribution in [0.5, 0.6) is 11.5 Å². The van der Waals surface area contributed by atoms with Gasteiger partial charge in [0.1, 0.15) is 18.1 Å². The van der Waals surface area contributed by atoms with Crippen molar-refractivity contribution >= 4 is 0 Å². The second-order valence-electron chi connectivity index (χ2n) is 4.17. The van der Waals surface area contributed by atoms with Crippen molar-refractivity contribution in [2.24, 2.45) is 0 Å². The minimum atomic E-state index is -0.0397. The molecule has 0 bridgehead atoms. The van der Waals surface area contributed by atoms with E-state index < -0.39 is 0 Å². The molecule has 0 atom stereocenters. The molecule has 0 unspecified atom stereocenters. The number of benzene rings is 1. The molecule has 0 aliphatic rings. The van der Waals surface area contributed by atoms with E-state index >= 15 is 0 Å². The van der Waals surface area contributed by atoms with Crippen LogP contribution < -0.4 is 9.47 Å². The van der Waals surface area contributed by atoms with Gasteiger partial charge >= 0.3 is 0 Å². The Morgan fingerprint density at radius 2 is 2.06 bits per heavy atom. The Hall–Kier alpha value is -1.48. The molecule has 3 nitrogen and oxygen atoms in total.